The molecule has 0 radical (unpaired) electrons. The summed E-state index contributed by atoms with van der Waals surface area (Å²) < 4.78 is 5.47. The van der Waals surface area contributed by atoms with E-state index in [0.717, 1.165) is 5.56 Å². The number of fused-ring (bicyclic) bond motifs is 1. The second-order valence-corrected chi connectivity index (χ2v) is 5.28. The maximum atomic E-state index is 12.7. The van der Waals surface area contributed by atoms with Crippen LogP contribution >= 0.6 is 0 Å². The van der Waals surface area contributed by atoms with Crippen molar-refractivity contribution < 1.29 is 14.3 Å². The molecule has 0 spiro atoms. The summed E-state index contributed by atoms with van der Waals surface area (Å²) in [4.78, 5) is 24.7. The molecule has 1 heterocycles. The second kappa shape index (κ2) is 5.64. The van der Waals surface area contributed by atoms with E-state index in [1.165, 1.54) is 0 Å². The normalized spacial score (nSPS) is 19.4. The minimum absolute atomic E-state index is 0.280. The molecule has 0 saturated carbocycles. The molecule has 112 valence electrons. The number of carbonyl (C=O) groups is 2. The maximum absolute atomic E-state index is 12.7. The molecule has 1 amide bonds. The van der Waals surface area contributed by atoms with Crippen molar-refractivity contribution in [2.75, 3.05) is 0 Å². The molecule has 1 unspecified atom stereocenters. The Labute approximate surface area is 129 Å². The van der Waals surface area contributed by atoms with Crippen LogP contribution in [0.4, 0.5) is 0 Å². The average Bonchev–Trinajstić information content (AvgIpc) is 2.87. The van der Waals surface area contributed by atoms with Crippen LogP contribution in [0.25, 0.3) is 0 Å². The van der Waals surface area contributed by atoms with Crippen molar-refractivity contribution >= 4 is 11.9 Å². The highest BCUT2D eigenvalue weighted by molar-refractivity contribution is 6.02. The number of esters is 1. The summed E-state index contributed by atoms with van der Waals surface area (Å²) in [7, 11) is 0. The third kappa shape index (κ3) is 2.26. The summed E-state index contributed by atoms with van der Waals surface area (Å²) in [5.74, 6) is -0.718. The van der Waals surface area contributed by atoms with E-state index in [0.29, 0.717) is 24.1 Å². The zero-order valence-electron chi connectivity index (χ0n) is 12.3. The van der Waals surface area contributed by atoms with Gasteiger partial charge in [-0.15, -0.1) is 0 Å². The molecule has 2 aromatic carbocycles. The van der Waals surface area contributed by atoms with E-state index in [-0.39, 0.29) is 5.91 Å². The van der Waals surface area contributed by atoms with Gasteiger partial charge in [0.2, 0.25) is 5.60 Å². The van der Waals surface area contributed by atoms with Crippen LogP contribution in [0.1, 0.15) is 34.8 Å². The van der Waals surface area contributed by atoms with Crippen LogP contribution in [0, 0.1) is 0 Å². The molecule has 1 aliphatic heterocycles. The highest BCUT2D eigenvalue weighted by Crippen LogP contribution is 2.39. The lowest BCUT2D eigenvalue weighted by molar-refractivity contribution is -0.141. The summed E-state index contributed by atoms with van der Waals surface area (Å²) in [6.45, 7) is 2.25. The van der Waals surface area contributed by atoms with E-state index in [9.17, 15) is 9.59 Å². The lowest BCUT2D eigenvalue weighted by Gasteiger charge is -2.26. The van der Waals surface area contributed by atoms with Crippen molar-refractivity contribution in [2.24, 2.45) is 0 Å². The largest absolute Gasteiger partial charge is 0.440 e. The number of cyclic esters (lactones) is 1. The van der Waals surface area contributed by atoms with E-state index in [1.54, 1.807) is 18.2 Å². The highest BCUT2D eigenvalue weighted by Gasteiger charge is 2.49. The van der Waals surface area contributed by atoms with Crippen molar-refractivity contribution in [1.82, 2.24) is 5.32 Å². The Morgan fingerprint density at radius 1 is 1.09 bits per heavy atom. The van der Waals surface area contributed by atoms with Gasteiger partial charge in [0.15, 0.2) is 0 Å². The molecule has 0 aromatic heterocycles. The number of rotatable bonds is 4. The fourth-order valence-corrected chi connectivity index (χ4v) is 2.79. The topological polar surface area (TPSA) is 55.4 Å². The SMILES string of the molecule is CCC1(C(=O)NCc2ccccc2)OC(=O)c2ccccc21. The number of carbonyl (C=O) groups excluding carboxylic acids is 2. The Morgan fingerprint density at radius 2 is 1.77 bits per heavy atom. The van der Waals surface area contributed by atoms with Gasteiger partial charge in [0, 0.05) is 12.1 Å². The summed E-state index contributed by atoms with van der Waals surface area (Å²) in [5.41, 5.74) is 0.898. The minimum atomic E-state index is -1.22. The first-order chi connectivity index (χ1) is 10.7. The van der Waals surface area contributed by atoms with Crippen LogP contribution in [0.2, 0.25) is 0 Å². The number of hydrogen-bond donors (Lipinski definition) is 1. The van der Waals surface area contributed by atoms with Crippen molar-refractivity contribution in [3.8, 4) is 0 Å². The van der Waals surface area contributed by atoms with Crippen molar-refractivity contribution in [2.45, 2.75) is 25.5 Å². The minimum Gasteiger partial charge on any atom is -0.440 e. The molecule has 4 nitrogen and oxygen atoms in total. The Bertz CT molecular complexity index is 711. The molecular weight excluding hydrogens is 278 g/mol. The first-order valence-electron chi connectivity index (χ1n) is 7.32. The van der Waals surface area contributed by atoms with Gasteiger partial charge in [-0.3, -0.25) is 4.79 Å². The van der Waals surface area contributed by atoms with Gasteiger partial charge in [0.1, 0.15) is 0 Å². The molecule has 0 saturated heterocycles. The maximum Gasteiger partial charge on any atom is 0.339 e. The predicted octanol–water partition coefficient (Wildman–Crippen LogP) is 2.78. The van der Waals surface area contributed by atoms with Crippen molar-refractivity contribution in [1.29, 1.82) is 0 Å². The van der Waals surface area contributed by atoms with Gasteiger partial charge in [-0.2, -0.15) is 0 Å². The molecule has 3 rings (SSSR count). The van der Waals surface area contributed by atoms with Crippen LogP contribution in [0.3, 0.4) is 0 Å². The van der Waals surface area contributed by atoms with E-state index in [1.807, 2.05) is 43.3 Å². The molecule has 2 aromatic rings. The number of benzene rings is 2. The monoisotopic (exact) mass is 295 g/mol. The van der Waals surface area contributed by atoms with Crippen LogP contribution in [0.5, 0.6) is 0 Å². The van der Waals surface area contributed by atoms with E-state index >= 15 is 0 Å². The van der Waals surface area contributed by atoms with E-state index in [2.05, 4.69) is 5.32 Å². The third-order valence-corrected chi connectivity index (χ3v) is 4.01. The number of ether oxygens (including phenoxy) is 1. The predicted molar refractivity (Wildman–Crippen MR) is 82.1 cm³/mol. The van der Waals surface area contributed by atoms with Gasteiger partial charge in [-0.25, -0.2) is 4.79 Å². The first-order valence-corrected chi connectivity index (χ1v) is 7.32. The zero-order chi connectivity index (χ0) is 15.6. The fraction of sp³-hybridized carbons (Fsp3) is 0.222. The van der Waals surface area contributed by atoms with Gasteiger partial charge >= 0.3 is 5.97 Å². The second-order valence-electron chi connectivity index (χ2n) is 5.28. The molecule has 22 heavy (non-hydrogen) atoms. The number of amides is 1. The van der Waals surface area contributed by atoms with Crippen LogP contribution in [-0.2, 0) is 21.7 Å². The molecule has 1 atom stereocenters. The zero-order valence-corrected chi connectivity index (χ0v) is 12.3. The quantitative estimate of drug-likeness (QED) is 0.882. The average molecular weight is 295 g/mol. The molecule has 0 aliphatic carbocycles. The Kier molecular flexibility index (Phi) is 3.67. The fourth-order valence-electron chi connectivity index (χ4n) is 2.79. The third-order valence-electron chi connectivity index (χ3n) is 4.01. The van der Waals surface area contributed by atoms with Crippen LogP contribution in [0.15, 0.2) is 54.6 Å². The molecule has 1 N–H and O–H groups in total. The van der Waals surface area contributed by atoms with E-state index < -0.39 is 11.6 Å². The van der Waals surface area contributed by atoms with Gasteiger partial charge in [0.05, 0.1) is 5.56 Å². The molecule has 0 bridgehead atoms. The Hall–Kier alpha value is -2.62. The lowest BCUT2D eigenvalue weighted by atomic mass is 9.89. The van der Waals surface area contributed by atoms with Crippen LogP contribution in [-0.4, -0.2) is 11.9 Å². The molecule has 4 heteroatoms. The van der Waals surface area contributed by atoms with Crippen molar-refractivity contribution in [3.63, 3.8) is 0 Å². The highest BCUT2D eigenvalue weighted by atomic mass is 16.6. The first kappa shape index (κ1) is 14.3. The summed E-state index contributed by atoms with van der Waals surface area (Å²) in [6, 6.07) is 16.7. The van der Waals surface area contributed by atoms with Gasteiger partial charge in [-0.1, -0.05) is 55.5 Å². The van der Waals surface area contributed by atoms with Crippen molar-refractivity contribution in [3.05, 3.63) is 71.3 Å². The van der Waals surface area contributed by atoms with Gasteiger partial charge < -0.3 is 10.1 Å². The molecule has 0 fully saturated rings. The standard InChI is InChI=1S/C18H17NO3/c1-2-18(15-11-7-6-10-14(15)16(20)22-18)17(21)19-12-13-8-4-3-5-9-13/h3-11H,2,12H2,1H3,(H,19,21). The van der Waals surface area contributed by atoms with E-state index in [4.69, 9.17) is 4.74 Å². The summed E-state index contributed by atoms with van der Waals surface area (Å²) in [6.07, 6.45) is 0.399. The summed E-state index contributed by atoms with van der Waals surface area (Å²) >= 11 is 0. The van der Waals surface area contributed by atoms with Gasteiger partial charge in [-0.05, 0) is 18.1 Å². The number of hydrogen-bond acceptors (Lipinski definition) is 3. The Balaban J connectivity index is 1.85. The van der Waals surface area contributed by atoms with Gasteiger partial charge in [0.25, 0.3) is 5.91 Å². The molecular formula is C18H17NO3. The summed E-state index contributed by atoms with van der Waals surface area (Å²) in [5, 5.41) is 2.88. The smallest absolute Gasteiger partial charge is 0.339 e. The Morgan fingerprint density at radius 3 is 2.50 bits per heavy atom. The lowest BCUT2D eigenvalue weighted by Crippen LogP contribution is -2.44. The van der Waals surface area contributed by atoms with Crippen LogP contribution < -0.4 is 5.32 Å². The number of nitrogens with one attached hydrogen (secondary N) is 1. The molecule has 1 aliphatic rings.